The maximum Gasteiger partial charge on any atom is 0.254 e. The van der Waals surface area contributed by atoms with Crippen molar-refractivity contribution in [2.45, 2.75) is 25.2 Å². The first-order valence-electron chi connectivity index (χ1n) is 6.04. The summed E-state index contributed by atoms with van der Waals surface area (Å²) < 4.78 is 16.2. The molecule has 2 N–H and O–H groups in total. The lowest BCUT2D eigenvalue weighted by Gasteiger charge is -2.39. The molecule has 2 fully saturated rings. The zero-order valence-corrected chi connectivity index (χ0v) is 10.1. The van der Waals surface area contributed by atoms with Gasteiger partial charge in [0.05, 0.1) is 38.6 Å². The minimum absolute atomic E-state index is 0.0149. The van der Waals surface area contributed by atoms with Crippen LogP contribution in [0.2, 0.25) is 0 Å². The van der Waals surface area contributed by atoms with E-state index >= 15 is 0 Å². The molecule has 0 bridgehead atoms. The van der Waals surface area contributed by atoms with E-state index in [0.29, 0.717) is 39.5 Å². The van der Waals surface area contributed by atoms with Crippen molar-refractivity contribution < 1.29 is 19.0 Å². The van der Waals surface area contributed by atoms with E-state index in [0.717, 1.165) is 0 Å². The van der Waals surface area contributed by atoms with Crippen molar-refractivity contribution in [3.8, 4) is 0 Å². The molecular formula is C11H20N2O4. The predicted molar refractivity (Wildman–Crippen MR) is 60.5 cm³/mol. The van der Waals surface area contributed by atoms with Gasteiger partial charge in [0.1, 0.15) is 0 Å². The maximum absolute atomic E-state index is 12.2. The zero-order valence-electron chi connectivity index (χ0n) is 10.1. The highest BCUT2D eigenvalue weighted by atomic mass is 16.6. The first-order valence-corrected chi connectivity index (χ1v) is 6.04. The van der Waals surface area contributed by atoms with Crippen LogP contribution >= 0.6 is 0 Å². The van der Waals surface area contributed by atoms with Gasteiger partial charge >= 0.3 is 0 Å². The molecule has 1 amide bonds. The molecule has 6 heteroatoms. The number of amides is 1. The average molecular weight is 244 g/mol. The fraction of sp³-hybridized carbons (Fsp3) is 0.909. The van der Waals surface area contributed by atoms with E-state index in [9.17, 15) is 4.79 Å². The molecule has 0 aromatic carbocycles. The Morgan fingerprint density at radius 1 is 1.35 bits per heavy atom. The third-order valence-corrected chi connectivity index (χ3v) is 3.14. The van der Waals surface area contributed by atoms with E-state index in [1.54, 1.807) is 4.90 Å². The Balaban J connectivity index is 1.95. The Morgan fingerprint density at radius 2 is 2.18 bits per heavy atom. The highest BCUT2D eigenvalue weighted by Crippen LogP contribution is 2.15. The highest BCUT2D eigenvalue weighted by Gasteiger charge is 2.34. The summed E-state index contributed by atoms with van der Waals surface area (Å²) in [6.07, 6.45) is -0.539. The van der Waals surface area contributed by atoms with Gasteiger partial charge in [-0.2, -0.15) is 0 Å². The van der Waals surface area contributed by atoms with Crippen molar-refractivity contribution in [2.24, 2.45) is 5.73 Å². The number of carbonyl (C=O) groups excluding carboxylic acids is 1. The van der Waals surface area contributed by atoms with Gasteiger partial charge in [0.25, 0.3) is 5.91 Å². The molecule has 3 atom stereocenters. The molecule has 17 heavy (non-hydrogen) atoms. The van der Waals surface area contributed by atoms with Crippen LogP contribution in [-0.4, -0.2) is 68.6 Å². The molecule has 2 aliphatic heterocycles. The predicted octanol–water partition coefficient (Wildman–Crippen LogP) is -1.02. The Bertz CT molecular complexity index is 268. The van der Waals surface area contributed by atoms with Crippen LogP contribution in [0.15, 0.2) is 0 Å². The number of hydrogen-bond donors (Lipinski definition) is 1. The van der Waals surface area contributed by atoms with Gasteiger partial charge in [-0.05, 0) is 6.92 Å². The van der Waals surface area contributed by atoms with E-state index in [2.05, 4.69) is 0 Å². The van der Waals surface area contributed by atoms with Crippen molar-refractivity contribution in [1.29, 1.82) is 0 Å². The van der Waals surface area contributed by atoms with Crippen LogP contribution in [0.25, 0.3) is 0 Å². The van der Waals surface area contributed by atoms with Gasteiger partial charge in [-0.3, -0.25) is 4.79 Å². The van der Waals surface area contributed by atoms with Crippen molar-refractivity contribution in [1.82, 2.24) is 4.90 Å². The second kappa shape index (κ2) is 5.77. The van der Waals surface area contributed by atoms with Gasteiger partial charge in [-0.15, -0.1) is 0 Å². The molecule has 2 heterocycles. The number of nitrogens with two attached hydrogens (primary N) is 1. The summed E-state index contributed by atoms with van der Waals surface area (Å²) in [6.45, 7) is 4.85. The third kappa shape index (κ3) is 2.95. The molecule has 0 aliphatic carbocycles. The Kier molecular flexibility index (Phi) is 4.33. The van der Waals surface area contributed by atoms with Crippen molar-refractivity contribution >= 4 is 5.91 Å². The van der Waals surface area contributed by atoms with Gasteiger partial charge in [-0.1, -0.05) is 0 Å². The van der Waals surface area contributed by atoms with E-state index < -0.39 is 6.10 Å². The van der Waals surface area contributed by atoms with Crippen molar-refractivity contribution in [3.05, 3.63) is 0 Å². The largest absolute Gasteiger partial charge is 0.376 e. The zero-order chi connectivity index (χ0) is 12.3. The molecule has 98 valence electrons. The van der Waals surface area contributed by atoms with Crippen LogP contribution in [0.4, 0.5) is 0 Å². The first kappa shape index (κ1) is 12.8. The van der Waals surface area contributed by atoms with E-state index in [-0.39, 0.29) is 18.1 Å². The van der Waals surface area contributed by atoms with Gasteiger partial charge in [0.2, 0.25) is 0 Å². The highest BCUT2D eigenvalue weighted by molar-refractivity contribution is 5.81. The molecule has 2 aliphatic rings. The molecule has 6 nitrogen and oxygen atoms in total. The fourth-order valence-electron chi connectivity index (χ4n) is 2.08. The monoisotopic (exact) mass is 244 g/mol. The molecule has 0 spiro atoms. The van der Waals surface area contributed by atoms with Gasteiger partial charge in [0, 0.05) is 13.1 Å². The molecule has 0 aromatic rings. The van der Waals surface area contributed by atoms with Crippen LogP contribution in [0.1, 0.15) is 6.92 Å². The maximum atomic E-state index is 12.2. The SMILES string of the molecule is CC1COC(CN)CN1C(=O)C1COCCO1. The Morgan fingerprint density at radius 3 is 2.82 bits per heavy atom. The molecule has 2 rings (SSSR count). The molecule has 3 unspecified atom stereocenters. The summed E-state index contributed by atoms with van der Waals surface area (Å²) in [5, 5.41) is 0. The fourth-order valence-corrected chi connectivity index (χ4v) is 2.08. The summed E-state index contributed by atoms with van der Waals surface area (Å²) in [7, 11) is 0. The van der Waals surface area contributed by atoms with Crippen LogP contribution in [-0.2, 0) is 19.0 Å². The second-order valence-electron chi connectivity index (χ2n) is 4.47. The lowest BCUT2D eigenvalue weighted by Crippen LogP contribution is -2.57. The van der Waals surface area contributed by atoms with Crippen molar-refractivity contribution in [3.63, 3.8) is 0 Å². The van der Waals surface area contributed by atoms with Crippen LogP contribution in [0.5, 0.6) is 0 Å². The number of rotatable bonds is 2. The summed E-state index contributed by atoms with van der Waals surface area (Å²) in [6, 6.07) is 0.0656. The van der Waals surface area contributed by atoms with E-state index in [4.69, 9.17) is 19.9 Å². The number of nitrogens with zero attached hydrogens (tertiary/aromatic N) is 1. The molecule has 0 saturated carbocycles. The van der Waals surface area contributed by atoms with Crippen molar-refractivity contribution in [2.75, 3.05) is 39.5 Å². The summed E-state index contributed by atoms with van der Waals surface area (Å²) in [5.74, 6) is -0.0149. The average Bonchev–Trinajstić information content (AvgIpc) is 2.39. The van der Waals surface area contributed by atoms with Crippen LogP contribution < -0.4 is 5.73 Å². The summed E-state index contributed by atoms with van der Waals surface area (Å²) in [5.41, 5.74) is 5.57. The van der Waals surface area contributed by atoms with Gasteiger partial charge in [0.15, 0.2) is 6.10 Å². The molecule has 0 radical (unpaired) electrons. The molecular weight excluding hydrogens is 224 g/mol. The Labute approximate surface area is 101 Å². The van der Waals surface area contributed by atoms with E-state index in [1.807, 2.05) is 6.92 Å². The minimum Gasteiger partial charge on any atom is -0.376 e. The van der Waals surface area contributed by atoms with Crippen LogP contribution in [0.3, 0.4) is 0 Å². The van der Waals surface area contributed by atoms with Gasteiger partial charge < -0.3 is 24.8 Å². The second-order valence-corrected chi connectivity index (χ2v) is 4.47. The number of carbonyl (C=O) groups is 1. The van der Waals surface area contributed by atoms with E-state index in [1.165, 1.54) is 0 Å². The van der Waals surface area contributed by atoms with Gasteiger partial charge in [-0.25, -0.2) is 0 Å². The lowest BCUT2D eigenvalue weighted by molar-refractivity contribution is -0.168. The quantitative estimate of drug-likeness (QED) is 0.673. The third-order valence-electron chi connectivity index (χ3n) is 3.14. The Hall–Kier alpha value is -0.690. The lowest BCUT2D eigenvalue weighted by atomic mass is 10.1. The number of hydrogen-bond acceptors (Lipinski definition) is 5. The molecule has 2 saturated heterocycles. The standard InChI is InChI=1S/C11H20N2O4/c1-8-6-17-9(4-12)5-13(8)11(14)10-7-15-2-3-16-10/h8-10H,2-7,12H2,1H3. The minimum atomic E-state index is -0.470. The van der Waals surface area contributed by atoms with Crippen LogP contribution in [0, 0.1) is 0 Å². The number of ether oxygens (including phenoxy) is 3. The molecule has 0 aromatic heterocycles. The smallest absolute Gasteiger partial charge is 0.254 e. The summed E-state index contributed by atoms with van der Waals surface area (Å²) in [4.78, 5) is 14.0. The normalized spacial score (nSPS) is 34.7. The first-order chi connectivity index (χ1) is 8.22. The number of morpholine rings is 1. The summed E-state index contributed by atoms with van der Waals surface area (Å²) >= 11 is 0. The topological polar surface area (TPSA) is 74.0 Å².